The molecule has 1 aliphatic heterocycles. The van der Waals surface area contributed by atoms with Gasteiger partial charge in [0.2, 0.25) is 0 Å². The predicted molar refractivity (Wildman–Crippen MR) is 144 cm³/mol. The molecule has 0 bridgehead atoms. The minimum atomic E-state index is -4.47. The van der Waals surface area contributed by atoms with Crippen molar-refractivity contribution in [2.24, 2.45) is 0 Å². The van der Waals surface area contributed by atoms with Gasteiger partial charge in [-0.25, -0.2) is 4.79 Å². The summed E-state index contributed by atoms with van der Waals surface area (Å²) < 4.78 is 46.3. The fourth-order valence-corrected chi connectivity index (χ4v) is 8.50. The number of aromatic nitrogens is 2. The van der Waals surface area contributed by atoms with Crippen LogP contribution in [0.25, 0.3) is 0 Å². The number of piperazine rings is 1. The molecule has 1 amide bonds. The maximum atomic E-state index is 13.5. The van der Waals surface area contributed by atoms with E-state index in [4.69, 9.17) is 4.74 Å². The Bertz CT molecular complexity index is 1130. The Morgan fingerprint density at radius 1 is 1.19 bits per heavy atom. The first-order chi connectivity index (χ1) is 17.0. The van der Waals surface area contributed by atoms with E-state index in [1.807, 2.05) is 54.6 Å². The molecule has 0 spiro atoms. The number of nitrogens with zero attached hydrogens (tertiary/aromatic N) is 4. The van der Waals surface area contributed by atoms with E-state index in [1.54, 1.807) is 4.90 Å². The van der Waals surface area contributed by atoms with Crippen LogP contribution in [-0.2, 0) is 17.3 Å². The zero-order valence-corrected chi connectivity index (χ0v) is 25.8. The molecule has 2 heterocycles. The number of hydrogen-bond donors (Lipinski definition) is 1. The normalized spacial score (nSPS) is 17.1. The van der Waals surface area contributed by atoms with Gasteiger partial charge < -0.3 is 4.74 Å². The van der Waals surface area contributed by atoms with Crippen molar-refractivity contribution >= 4 is 45.5 Å². The molecule has 204 valence electrons. The van der Waals surface area contributed by atoms with Crippen LogP contribution < -0.4 is 13.9 Å². The van der Waals surface area contributed by atoms with Crippen LogP contribution in [-0.4, -0.2) is 70.6 Å². The van der Waals surface area contributed by atoms with Gasteiger partial charge in [0.05, 0.1) is 0 Å². The third-order valence-corrected chi connectivity index (χ3v) is 11.3. The molecule has 2 aromatic rings. The molecule has 1 N–H and O–H groups in total. The Kier molecular flexibility index (Phi) is 8.60. The summed E-state index contributed by atoms with van der Waals surface area (Å²) in [7, 11) is 0. The standard InChI is InChI=1S/C23H29F3N5O2.3CH3.Sn/c1-6-16-11-18(31-10-9-30(14-15(31)2)21(32)33-22(3,4)5)7-8-19(16)29-20-27-12-17(13-28-20)23(24,25)26;;;;/h7-8,11-12,15H,6,9-10,14H2,1-5H3,(H,27,28,29);3*1H3;/t15-;;;;/m0..../s1. The van der Waals surface area contributed by atoms with Crippen LogP contribution in [0.4, 0.5) is 35.3 Å². The number of carbonyl (C=O) groups is 1. The second-order valence-corrected chi connectivity index (χ2v) is 25.7. The summed E-state index contributed by atoms with van der Waals surface area (Å²) in [5.41, 5.74) is 1.53. The number of nitrogens with one attached hydrogen (secondary N) is 1. The molecule has 3 rings (SSSR count). The van der Waals surface area contributed by atoms with Gasteiger partial charge in [-0.2, -0.15) is 0 Å². The summed E-state index contributed by atoms with van der Waals surface area (Å²) in [6, 6.07) is 6.07. The van der Waals surface area contributed by atoms with Crippen molar-refractivity contribution < 1.29 is 22.7 Å². The summed E-state index contributed by atoms with van der Waals surface area (Å²) in [6.07, 6.45) is -3.16. The van der Waals surface area contributed by atoms with E-state index in [2.05, 4.69) is 33.2 Å². The fraction of sp³-hybridized carbons (Fsp3) is 0.577. The average molecular weight is 628 g/mol. The van der Waals surface area contributed by atoms with E-state index >= 15 is 0 Å². The van der Waals surface area contributed by atoms with Crippen molar-refractivity contribution in [3.63, 3.8) is 0 Å². The summed E-state index contributed by atoms with van der Waals surface area (Å²) in [5, 5.41) is 3.16. The number of hydrogen-bond acceptors (Lipinski definition) is 6. The number of anilines is 3. The van der Waals surface area contributed by atoms with Gasteiger partial charge in [-0.1, -0.05) is 0 Å². The molecule has 1 aromatic heterocycles. The molecular weight excluding hydrogens is 590 g/mol. The molecule has 1 fully saturated rings. The molecule has 1 aliphatic rings. The summed E-state index contributed by atoms with van der Waals surface area (Å²) in [5.74, 6) is 0.177. The number of ether oxygens (including phenoxy) is 1. The van der Waals surface area contributed by atoms with Crippen molar-refractivity contribution in [2.45, 2.75) is 73.7 Å². The zero-order valence-electron chi connectivity index (χ0n) is 23.0. The van der Waals surface area contributed by atoms with Crippen LogP contribution in [0.1, 0.15) is 45.7 Å². The number of amides is 1. The van der Waals surface area contributed by atoms with Crippen molar-refractivity contribution in [3.8, 4) is 0 Å². The molecule has 1 saturated heterocycles. The quantitative estimate of drug-likeness (QED) is 0.423. The SMILES string of the molecule is CCc1cc(N2CCN(C(=O)OC(C)(C)C)C[C@@H]2C)ccc1Nc1ncc(C(F)(F)F)[c]([Sn]([CH3])([CH3])[CH3])n1. The Balaban J connectivity index is 1.80. The molecule has 0 aliphatic carbocycles. The van der Waals surface area contributed by atoms with Gasteiger partial charge in [0.1, 0.15) is 5.60 Å². The molecule has 11 heteroatoms. The molecule has 0 unspecified atom stereocenters. The van der Waals surface area contributed by atoms with E-state index in [0.29, 0.717) is 26.1 Å². The van der Waals surface area contributed by atoms with Gasteiger partial charge in [0.15, 0.2) is 0 Å². The Labute approximate surface area is 221 Å². The Morgan fingerprint density at radius 2 is 1.86 bits per heavy atom. The molecule has 7 nitrogen and oxygen atoms in total. The van der Waals surface area contributed by atoms with Crippen LogP contribution in [0.5, 0.6) is 0 Å². The number of halogens is 3. The third-order valence-electron chi connectivity index (χ3n) is 6.13. The number of aryl methyl sites for hydroxylation is 1. The van der Waals surface area contributed by atoms with Crippen molar-refractivity contribution in [2.75, 3.05) is 29.9 Å². The summed E-state index contributed by atoms with van der Waals surface area (Å²) >= 11 is -3.18. The topological polar surface area (TPSA) is 70.6 Å². The second-order valence-electron chi connectivity index (χ2n) is 11.5. The average Bonchev–Trinajstić information content (AvgIpc) is 2.77. The van der Waals surface area contributed by atoms with Gasteiger partial charge in [0.25, 0.3) is 0 Å². The minimum absolute atomic E-state index is 0.0878. The van der Waals surface area contributed by atoms with Crippen LogP contribution in [0.15, 0.2) is 24.4 Å². The van der Waals surface area contributed by atoms with Gasteiger partial charge in [-0.05, 0) is 20.8 Å². The van der Waals surface area contributed by atoms with Gasteiger partial charge in [-0.3, -0.25) is 0 Å². The zero-order chi connectivity index (χ0) is 27.8. The Morgan fingerprint density at radius 3 is 2.41 bits per heavy atom. The van der Waals surface area contributed by atoms with Gasteiger partial charge in [0, 0.05) is 0 Å². The van der Waals surface area contributed by atoms with Crippen LogP contribution >= 0.6 is 0 Å². The first-order valence-electron chi connectivity index (χ1n) is 12.6. The van der Waals surface area contributed by atoms with Gasteiger partial charge >= 0.3 is 186 Å². The molecule has 0 saturated carbocycles. The van der Waals surface area contributed by atoms with Crippen LogP contribution in [0, 0.1) is 0 Å². The summed E-state index contributed by atoms with van der Waals surface area (Å²) in [4.78, 5) is 30.6. The Hall–Kier alpha value is -2.24. The number of carbonyl (C=O) groups excluding carboxylic acids is 1. The first-order valence-corrected chi connectivity index (χ1v) is 22.6. The number of alkyl halides is 3. The maximum absolute atomic E-state index is 13.5. The third kappa shape index (κ3) is 7.42. The van der Waals surface area contributed by atoms with Crippen LogP contribution in [0.2, 0.25) is 14.8 Å². The first kappa shape index (κ1) is 29.3. The molecule has 37 heavy (non-hydrogen) atoms. The number of benzene rings is 1. The fourth-order valence-electron chi connectivity index (χ4n) is 4.35. The van der Waals surface area contributed by atoms with Crippen molar-refractivity contribution in [1.82, 2.24) is 14.9 Å². The van der Waals surface area contributed by atoms with Crippen molar-refractivity contribution in [3.05, 3.63) is 35.5 Å². The van der Waals surface area contributed by atoms with E-state index in [9.17, 15) is 18.0 Å². The van der Waals surface area contributed by atoms with E-state index in [1.165, 1.54) is 0 Å². The van der Waals surface area contributed by atoms with E-state index in [0.717, 1.165) is 23.1 Å². The van der Waals surface area contributed by atoms with Crippen LogP contribution in [0.3, 0.4) is 0 Å². The van der Waals surface area contributed by atoms with Crippen molar-refractivity contribution in [1.29, 1.82) is 0 Å². The molecular formula is C26H38F3N5O2Sn. The van der Waals surface area contributed by atoms with E-state index < -0.39 is 35.7 Å². The molecule has 1 atom stereocenters. The summed E-state index contributed by atoms with van der Waals surface area (Å²) in [6.45, 7) is 11.4. The van der Waals surface area contributed by atoms with Gasteiger partial charge in [-0.15, -0.1) is 0 Å². The number of rotatable bonds is 5. The monoisotopic (exact) mass is 629 g/mol. The predicted octanol–water partition coefficient (Wildman–Crippen LogP) is 5.79. The molecule has 0 radical (unpaired) electrons. The molecule has 1 aromatic carbocycles. The van der Waals surface area contributed by atoms with E-state index in [-0.39, 0.29) is 21.8 Å². The second kappa shape index (κ2) is 10.9.